The summed E-state index contributed by atoms with van der Waals surface area (Å²) in [6, 6.07) is 0. The molecule has 0 aliphatic rings. The van der Waals surface area contributed by atoms with E-state index in [9.17, 15) is 9.90 Å². The lowest BCUT2D eigenvalue weighted by Gasteiger charge is -2.14. The molecule has 0 saturated carbocycles. The minimum atomic E-state index is -0.568. The Balaban J connectivity index is 3.47. The van der Waals surface area contributed by atoms with E-state index in [4.69, 9.17) is 0 Å². The standard InChI is InChI=1S/C11H22O2S/c1-2-3-4-5-6-7-10(8-12)11(13)9-14/h8,10-11,13-14H,2-7,9H2,1H3. The minimum absolute atomic E-state index is 0.214. The van der Waals surface area contributed by atoms with Crippen LogP contribution >= 0.6 is 12.6 Å². The zero-order chi connectivity index (χ0) is 10.8. The second kappa shape index (κ2) is 9.53. The third kappa shape index (κ3) is 6.44. The molecule has 0 aliphatic carbocycles. The van der Waals surface area contributed by atoms with E-state index < -0.39 is 6.10 Å². The van der Waals surface area contributed by atoms with Crippen molar-refractivity contribution < 1.29 is 9.90 Å². The summed E-state index contributed by atoms with van der Waals surface area (Å²) < 4.78 is 0. The summed E-state index contributed by atoms with van der Waals surface area (Å²) in [5, 5.41) is 9.41. The predicted octanol–water partition coefficient (Wildman–Crippen LogP) is 2.45. The van der Waals surface area contributed by atoms with Crippen LogP contribution in [0.2, 0.25) is 0 Å². The van der Waals surface area contributed by atoms with Crippen molar-refractivity contribution in [3.8, 4) is 0 Å². The molecule has 0 aromatic rings. The van der Waals surface area contributed by atoms with Gasteiger partial charge in [-0.05, 0) is 6.42 Å². The van der Waals surface area contributed by atoms with Crippen LogP contribution in [0, 0.1) is 5.92 Å². The molecule has 0 amide bonds. The molecule has 0 saturated heterocycles. The maximum Gasteiger partial charge on any atom is 0.125 e. The minimum Gasteiger partial charge on any atom is -0.392 e. The number of carbonyl (C=O) groups is 1. The first-order valence-electron chi connectivity index (χ1n) is 5.50. The summed E-state index contributed by atoms with van der Waals surface area (Å²) in [6.07, 6.45) is 7.03. The molecule has 1 N–H and O–H groups in total. The molecule has 0 aliphatic heterocycles. The zero-order valence-corrected chi connectivity index (χ0v) is 9.88. The Morgan fingerprint density at radius 2 is 1.93 bits per heavy atom. The molecule has 0 aromatic heterocycles. The summed E-state index contributed by atoms with van der Waals surface area (Å²) in [4.78, 5) is 10.6. The maximum atomic E-state index is 10.6. The number of hydrogen-bond acceptors (Lipinski definition) is 3. The maximum absolute atomic E-state index is 10.6. The largest absolute Gasteiger partial charge is 0.392 e. The average molecular weight is 218 g/mol. The van der Waals surface area contributed by atoms with Crippen LogP contribution < -0.4 is 0 Å². The number of unbranched alkanes of at least 4 members (excludes halogenated alkanes) is 4. The van der Waals surface area contributed by atoms with Crippen LogP contribution in [0.15, 0.2) is 0 Å². The van der Waals surface area contributed by atoms with Crippen LogP contribution in [0.1, 0.15) is 45.4 Å². The van der Waals surface area contributed by atoms with Gasteiger partial charge in [-0.1, -0.05) is 39.0 Å². The van der Waals surface area contributed by atoms with Gasteiger partial charge in [0.2, 0.25) is 0 Å². The summed E-state index contributed by atoms with van der Waals surface area (Å²) in [5.74, 6) is 0.160. The van der Waals surface area contributed by atoms with E-state index in [0.29, 0.717) is 5.75 Å². The number of rotatable bonds is 9. The molecular formula is C11H22O2S. The Kier molecular flexibility index (Phi) is 9.52. The van der Waals surface area contributed by atoms with Gasteiger partial charge < -0.3 is 9.90 Å². The van der Waals surface area contributed by atoms with Crippen LogP contribution in [-0.2, 0) is 4.79 Å². The molecule has 0 spiro atoms. The Morgan fingerprint density at radius 1 is 1.29 bits per heavy atom. The summed E-state index contributed by atoms with van der Waals surface area (Å²) in [5.41, 5.74) is 0. The van der Waals surface area contributed by atoms with E-state index in [0.717, 1.165) is 25.5 Å². The molecule has 0 heterocycles. The Morgan fingerprint density at radius 3 is 2.43 bits per heavy atom. The van der Waals surface area contributed by atoms with Gasteiger partial charge in [-0.3, -0.25) is 0 Å². The highest BCUT2D eigenvalue weighted by Crippen LogP contribution is 2.14. The summed E-state index contributed by atoms with van der Waals surface area (Å²) in [6.45, 7) is 2.18. The fraction of sp³-hybridized carbons (Fsp3) is 0.909. The van der Waals surface area contributed by atoms with Gasteiger partial charge in [0.1, 0.15) is 6.29 Å². The summed E-state index contributed by atoms with van der Waals surface area (Å²) in [7, 11) is 0. The second-order valence-electron chi connectivity index (χ2n) is 3.75. The lowest BCUT2D eigenvalue weighted by Crippen LogP contribution is -2.23. The quantitative estimate of drug-likeness (QED) is 0.354. The van der Waals surface area contributed by atoms with Crippen molar-refractivity contribution >= 4 is 18.9 Å². The van der Waals surface area contributed by atoms with Crippen LogP contribution in [0.25, 0.3) is 0 Å². The lowest BCUT2D eigenvalue weighted by molar-refractivity contribution is -0.114. The van der Waals surface area contributed by atoms with Gasteiger partial charge in [-0.25, -0.2) is 0 Å². The number of hydrogen-bond donors (Lipinski definition) is 2. The number of carbonyl (C=O) groups excluding carboxylic acids is 1. The molecule has 2 unspecified atom stereocenters. The van der Waals surface area contributed by atoms with Crippen LogP contribution in [0.4, 0.5) is 0 Å². The molecule has 0 radical (unpaired) electrons. The fourth-order valence-electron chi connectivity index (χ4n) is 1.47. The third-order valence-corrected chi connectivity index (χ3v) is 2.87. The van der Waals surface area contributed by atoms with Crippen LogP contribution in [0.5, 0.6) is 0 Å². The fourth-order valence-corrected chi connectivity index (χ4v) is 1.74. The van der Waals surface area contributed by atoms with Gasteiger partial charge in [-0.15, -0.1) is 0 Å². The average Bonchev–Trinajstić information content (AvgIpc) is 2.22. The van der Waals surface area contributed by atoms with Gasteiger partial charge in [0.05, 0.1) is 6.10 Å². The second-order valence-corrected chi connectivity index (χ2v) is 4.12. The van der Waals surface area contributed by atoms with Crippen molar-refractivity contribution in [2.24, 2.45) is 5.92 Å². The molecular weight excluding hydrogens is 196 g/mol. The van der Waals surface area contributed by atoms with Gasteiger partial charge in [0.15, 0.2) is 0 Å². The van der Waals surface area contributed by atoms with Crippen molar-refractivity contribution in [2.75, 3.05) is 5.75 Å². The van der Waals surface area contributed by atoms with Crippen molar-refractivity contribution in [1.82, 2.24) is 0 Å². The first-order chi connectivity index (χ1) is 6.76. The highest BCUT2D eigenvalue weighted by atomic mass is 32.1. The molecule has 0 fully saturated rings. The van der Waals surface area contributed by atoms with Gasteiger partial charge in [0, 0.05) is 11.7 Å². The lowest BCUT2D eigenvalue weighted by atomic mass is 9.97. The van der Waals surface area contributed by atoms with Crippen LogP contribution in [0.3, 0.4) is 0 Å². The topological polar surface area (TPSA) is 37.3 Å². The summed E-state index contributed by atoms with van der Waals surface area (Å²) >= 11 is 3.98. The first kappa shape index (κ1) is 14.0. The van der Waals surface area contributed by atoms with Crippen LogP contribution in [-0.4, -0.2) is 23.2 Å². The smallest absolute Gasteiger partial charge is 0.125 e. The van der Waals surface area contributed by atoms with Gasteiger partial charge in [-0.2, -0.15) is 12.6 Å². The molecule has 0 bridgehead atoms. The number of thiol groups is 1. The van der Waals surface area contributed by atoms with E-state index in [2.05, 4.69) is 19.6 Å². The number of aldehydes is 1. The zero-order valence-electron chi connectivity index (χ0n) is 8.98. The van der Waals surface area contributed by atoms with E-state index >= 15 is 0 Å². The SMILES string of the molecule is CCCCCCCC(C=O)C(O)CS. The molecule has 0 rings (SSSR count). The highest BCUT2D eigenvalue weighted by Gasteiger charge is 2.15. The first-order valence-corrected chi connectivity index (χ1v) is 6.13. The molecule has 3 heteroatoms. The Hall–Kier alpha value is -0.0200. The van der Waals surface area contributed by atoms with Crippen molar-refractivity contribution in [1.29, 1.82) is 0 Å². The number of aliphatic hydroxyl groups excluding tert-OH is 1. The molecule has 0 aromatic carbocycles. The third-order valence-electron chi connectivity index (χ3n) is 2.50. The van der Waals surface area contributed by atoms with E-state index in [-0.39, 0.29) is 5.92 Å². The Bertz CT molecular complexity index is 139. The van der Waals surface area contributed by atoms with Crippen molar-refractivity contribution in [3.63, 3.8) is 0 Å². The molecule has 14 heavy (non-hydrogen) atoms. The predicted molar refractivity (Wildman–Crippen MR) is 62.8 cm³/mol. The van der Waals surface area contributed by atoms with Gasteiger partial charge in [0.25, 0.3) is 0 Å². The van der Waals surface area contributed by atoms with E-state index in [1.807, 2.05) is 0 Å². The monoisotopic (exact) mass is 218 g/mol. The van der Waals surface area contributed by atoms with Gasteiger partial charge >= 0.3 is 0 Å². The molecule has 84 valence electrons. The highest BCUT2D eigenvalue weighted by molar-refractivity contribution is 7.80. The normalized spacial score (nSPS) is 15.1. The van der Waals surface area contributed by atoms with Crippen molar-refractivity contribution in [3.05, 3.63) is 0 Å². The molecule has 2 atom stereocenters. The van der Waals surface area contributed by atoms with E-state index in [1.54, 1.807) is 0 Å². The van der Waals surface area contributed by atoms with Crippen molar-refractivity contribution in [2.45, 2.75) is 51.6 Å². The molecule has 2 nitrogen and oxygen atoms in total. The number of aliphatic hydroxyl groups is 1. The van der Waals surface area contributed by atoms with E-state index in [1.165, 1.54) is 19.3 Å². The Labute approximate surface area is 92.5 Å².